The Morgan fingerprint density at radius 1 is 1.30 bits per heavy atom. The second-order valence-electron chi connectivity index (χ2n) is 5.11. The fraction of sp³-hybridized carbons (Fsp3) is 0.471. The Hall–Kier alpha value is -2.08. The Kier molecular flexibility index (Phi) is 6.40. The molecule has 126 valence electrons. The molecule has 1 aromatic carbocycles. The lowest BCUT2D eigenvalue weighted by Crippen LogP contribution is -2.39. The third-order valence-corrected chi connectivity index (χ3v) is 3.47. The van der Waals surface area contributed by atoms with Gasteiger partial charge in [0.25, 0.3) is 0 Å². The van der Waals surface area contributed by atoms with Gasteiger partial charge in [-0.1, -0.05) is 0 Å². The van der Waals surface area contributed by atoms with Crippen molar-refractivity contribution in [2.24, 2.45) is 4.99 Å². The summed E-state index contributed by atoms with van der Waals surface area (Å²) in [4.78, 5) is 4.51. The lowest BCUT2D eigenvalue weighted by atomic mass is 10.1. The third-order valence-electron chi connectivity index (χ3n) is 3.47. The van der Waals surface area contributed by atoms with Crippen LogP contribution >= 0.6 is 0 Å². The Labute approximate surface area is 135 Å². The average molecular weight is 321 g/mol. The summed E-state index contributed by atoms with van der Waals surface area (Å²) in [6.45, 7) is 9.07. The van der Waals surface area contributed by atoms with Crippen molar-refractivity contribution in [3.63, 3.8) is 0 Å². The van der Waals surface area contributed by atoms with Crippen LogP contribution in [0, 0.1) is 12.7 Å². The maximum absolute atomic E-state index is 13.3. The van der Waals surface area contributed by atoms with Crippen molar-refractivity contribution in [3.05, 3.63) is 35.3 Å². The molecule has 0 saturated heterocycles. The van der Waals surface area contributed by atoms with E-state index in [2.05, 4.69) is 15.6 Å². The number of aryl methyl sites for hydroxylation is 1. The molecule has 2 N–H and O–H groups in total. The molecule has 0 unspecified atom stereocenters. The highest BCUT2D eigenvalue weighted by Crippen LogP contribution is 2.26. The number of benzene rings is 1. The molecule has 1 heterocycles. The molecule has 0 aliphatic rings. The van der Waals surface area contributed by atoms with Gasteiger partial charge in [-0.25, -0.2) is 9.38 Å². The van der Waals surface area contributed by atoms with E-state index in [1.165, 1.54) is 12.1 Å². The largest absolute Gasteiger partial charge is 0.459 e. The highest BCUT2D eigenvalue weighted by molar-refractivity contribution is 5.82. The molecule has 0 atom stereocenters. The van der Waals surface area contributed by atoms with Gasteiger partial charge in [0.05, 0.1) is 6.61 Å². The molecule has 23 heavy (non-hydrogen) atoms. The minimum absolute atomic E-state index is 0.262. The zero-order valence-corrected chi connectivity index (χ0v) is 13.9. The topological polar surface area (TPSA) is 58.8 Å². The van der Waals surface area contributed by atoms with Gasteiger partial charge in [-0.2, -0.15) is 0 Å². The molecular formula is C17H24FN3O2. The predicted molar refractivity (Wildman–Crippen MR) is 90.2 cm³/mol. The number of rotatable bonds is 7. The maximum Gasteiger partial charge on any atom is 0.191 e. The fourth-order valence-corrected chi connectivity index (χ4v) is 2.27. The van der Waals surface area contributed by atoms with Gasteiger partial charge in [-0.05, 0) is 39.0 Å². The van der Waals surface area contributed by atoms with Crippen LogP contribution in [0.4, 0.5) is 4.39 Å². The number of nitrogens with one attached hydrogen (secondary N) is 2. The van der Waals surface area contributed by atoms with Crippen molar-refractivity contribution in [2.75, 3.05) is 26.3 Å². The van der Waals surface area contributed by atoms with E-state index >= 15 is 0 Å². The van der Waals surface area contributed by atoms with Gasteiger partial charge < -0.3 is 19.8 Å². The number of furan rings is 1. The molecule has 0 spiro atoms. The number of hydrogen-bond donors (Lipinski definition) is 2. The van der Waals surface area contributed by atoms with Crippen molar-refractivity contribution < 1.29 is 13.5 Å². The van der Waals surface area contributed by atoms with E-state index in [0.717, 1.165) is 23.3 Å². The zero-order chi connectivity index (χ0) is 16.7. The number of ether oxygens (including phenoxy) is 1. The molecule has 0 amide bonds. The Balaban J connectivity index is 2.07. The summed E-state index contributed by atoms with van der Waals surface area (Å²) in [6, 6.07) is 4.54. The number of nitrogens with zero attached hydrogens (tertiary/aromatic N) is 1. The molecule has 0 aliphatic heterocycles. The first-order chi connectivity index (χ1) is 11.2. The van der Waals surface area contributed by atoms with E-state index in [4.69, 9.17) is 9.15 Å². The Bertz CT molecular complexity index is 667. The van der Waals surface area contributed by atoms with Crippen LogP contribution in [0.15, 0.2) is 27.6 Å². The summed E-state index contributed by atoms with van der Waals surface area (Å²) in [6.07, 6.45) is 0. The second-order valence-corrected chi connectivity index (χ2v) is 5.11. The van der Waals surface area contributed by atoms with Gasteiger partial charge in [0.15, 0.2) is 5.96 Å². The molecule has 2 aromatic rings. The number of hydrogen-bond acceptors (Lipinski definition) is 3. The highest BCUT2D eigenvalue weighted by Gasteiger charge is 2.11. The van der Waals surface area contributed by atoms with Gasteiger partial charge >= 0.3 is 0 Å². The monoisotopic (exact) mass is 321 g/mol. The molecule has 0 bridgehead atoms. The van der Waals surface area contributed by atoms with Crippen molar-refractivity contribution in [1.29, 1.82) is 0 Å². The Morgan fingerprint density at radius 3 is 2.87 bits per heavy atom. The average Bonchev–Trinajstić information content (AvgIpc) is 2.85. The number of aliphatic imine (C=N–C) groups is 1. The first-order valence-corrected chi connectivity index (χ1v) is 7.93. The van der Waals surface area contributed by atoms with E-state index in [-0.39, 0.29) is 5.82 Å². The first kappa shape index (κ1) is 17.3. The van der Waals surface area contributed by atoms with Gasteiger partial charge in [-0.3, -0.25) is 0 Å². The van der Waals surface area contributed by atoms with Crippen molar-refractivity contribution in [2.45, 2.75) is 27.3 Å². The quantitative estimate of drug-likeness (QED) is 0.468. The number of fused-ring (bicyclic) bond motifs is 1. The van der Waals surface area contributed by atoms with Gasteiger partial charge in [0.1, 0.15) is 23.7 Å². The van der Waals surface area contributed by atoms with Crippen molar-refractivity contribution >= 4 is 16.9 Å². The van der Waals surface area contributed by atoms with E-state index in [1.807, 2.05) is 20.8 Å². The van der Waals surface area contributed by atoms with Crippen LogP contribution in [-0.4, -0.2) is 32.3 Å². The van der Waals surface area contributed by atoms with E-state index in [0.29, 0.717) is 37.8 Å². The minimum atomic E-state index is -0.262. The summed E-state index contributed by atoms with van der Waals surface area (Å²) in [5.74, 6) is 1.19. The smallest absolute Gasteiger partial charge is 0.191 e. The fourth-order valence-electron chi connectivity index (χ4n) is 2.27. The van der Waals surface area contributed by atoms with Gasteiger partial charge in [0, 0.05) is 30.6 Å². The SMILES string of the molecule is CCNC(=NCc1oc2ccc(F)cc2c1C)NCCOCC. The molecule has 6 heteroatoms. The molecule has 2 rings (SSSR count). The summed E-state index contributed by atoms with van der Waals surface area (Å²) in [7, 11) is 0. The van der Waals surface area contributed by atoms with Gasteiger partial charge in [0.2, 0.25) is 0 Å². The summed E-state index contributed by atoms with van der Waals surface area (Å²) in [5.41, 5.74) is 1.61. The predicted octanol–water partition coefficient (Wildman–Crippen LogP) is 2.97. The summed E-state index contributed by atoms with van der Waals surface area (Å²) >= 11 is 0. The van der Waals surface area contributed by atoms with Crippen LogP contribution in [0.25, 0.3) is 11.0 Å². The van der Waals surface area contributed by atoms with Crippen LogP contribution in [0.2, 0.25) is 0 Å². The first-order valence-electron chi connectivity index (χ1n) is 7.93. The standard InChI is InChI=1S/C17H24FN3O2/c1-4-19-17(20-8-9-22-5-2)21-11-16-12(3)14-10-13(18)6-7-15(14)23-16/h6-7,10H,4-5,8-9,11H2,1-3H3,(H2,19,20,21). The van der Waals surface area contributed by atoms with Crippen LogP contribution in [0.1, 0.15) is 25.2 Å². The lowest BCUT2D eigenvalue weighted by Gasteiger charge is -2.10. The van der Waals surface area contributed by atoms with Crippen LogP contribution in [0.3, 0.4) is 0 Å². The van der Waals surface area contributed by atoms with Crippen LogP contribution in [-0.2, 0) is 11.3 Å². The van der Waals surface area contributed by atoms with Gasteiger partial charge in [-0.15, -0.1) is 0 Å². The molecule has 5 nitrogen and oxygen atoms in total. The molecule has 1 aromatic heterocycles. The molecule has 0 fully saturated rings. The minimum Gasteiger partial charge on any atom is -0.459 e. The second kappa shape index (κ2) is 8.53. The zero-order valence-electron chi connectivity index (χ0n) is 13.9. The Morgan fingerprint density at radius 2 is 2.13 bits per heavy atom. The molecule has 0 radical (unpaired) electrons. The summed E-state index contributed by atoms with van der Waals surface area (Å²) < 4.78 is 24.4. The number of halogens is 1. The van der Waals surface area contributed by atoms with E-state index in [1.54, 1.807) is 6.07 Å². The highest BCUT2D eigenvalue weighted by atomic mass is 19.1. The molecule has 0 saturated carbocycles. The summed E-state index contributed by atoms with van der Waals surface area (Å²) in [5, 5.41) is 7.17. The normalized spacial score (nSPS) is 11.9. The van der Waals surface area contributed by atoms with Crippen molar-refractivity contribution in [3.8, 4) is 0 Å². The molecular weight excluding hydrogens is 297 g/mol. The van der Waals surface area contributed by atoms with E-state index < -0.39 is 0 Å². The molecule has 0 aliphatic carbocycles. The van der Waals surface area contributed by atoms with E-state index in [9.17, 15) is 4.39 Å². The van der Waals surface area contributed by atoms with Crippen LogP contribution in [0.5, 0.6) is 0 Å². The lowest BCUT2D eigenvalue weighted by molar-refractivity contribution is 0.152. The van der Waals surface area contributed by atoms with Crippen LogP contribution < -0.4 is 10.6 Å². The maximum atomic E-state index is 13.3. The third kappa shape index (κ3) is 4.69. The van der Waals surface area contributed by atoms with Crippen molar-refractivity contribution in [1.82, 2.24) is 10.6 Å². The number of guanidine groups is 1.